The molecule has 3 heterocycles. The lowest BCUT2D eigenvalue weighted by Gasteiger charge is -2.39. The van der Waals surface area contributed by atoms with E-state index in [1.807, 2.05) is 11.8 Å². The van der Waals surface area contributed by atoms with Crippen molar-refractivity contribution in [2.45, 2.75) is 44.7 Å². The van der Waals surface area contributed by atoms with Crippen molar-refractivity contribution in [1.82, 2.24) is 24.3 Å². The molecule has 0 aromatic carbocycles. The minimum Gasteiger partial charge on any atom is -0.355 e. The zero-order chi connectivity index (χ0) is 21.0. The van der Waals surface area contributed by atoms with Crippen LogP contribution in [0.2, 0.25) is 0 Å². The highest BCUT2D eigenvalue weighted by molar-refractivity contribution is 14.0. The summed E-state index contributed by atoms with van der Waals surface area (Å²) in [4.78, 5) is 23.5. The summed E-state index contributed by atoms with van der Waals surface area (Å²) >= 11 is 0. The van der Waals surface area contributed by atoms with E-state index < -0.39 is 10.0 Å². The number of sulfonamides is 1. The summed E-state index contributed by atoms with van der Waals surface area (Å²) in [5, 5.41) is 3.37. The van der Waals surface area contributed by atoms with Crippen molar-refractivity contribution in [2.75, 3.05) is 65.7 Å². The highest BCUT2D eigenvalue weighted by atomic mass is 127. The lowest BCUT2D eigenvalue weighted by molar-refractivity contribution is -0.135. The second-order valence-electron chi connectivity index (χ2n) is 8.33. The minimum absolute atomic E-state index is 0. The molecule has 3 saturated heterocycles. The van der Waals surface area contributed by atoms with E-state index in [4.69, 9.17) is 0 Å². The molecule has 0 bridgehead atoms. The van der Waals surface area contributed by atoms with Crippen molar-refractivity contribution in [3.05, 3.63) is 0 Å². The van der Waals surface area contributed by atoms with E-state index in [1.54, 1.807) is 11.4 Å². The molecular formula is C19H37IN6O3S. The van der Waals surface area contributed by atoms with E-state index in [0.717, 1.165) is 70.9 Å². The quantitative estimate of drug-likeness (QED) is 0.297. The Morgan fingerprint density at radius 1 is 1.03 bits per heavy atom. The lowest BCUT2D eigenvalue weighted by atomic mass is 10.2. The molecule has 0 spiro atoms. The first-order valence-electron chi connectivity index (χ1n) is 10.8. The number of hydrogen-bond donors (Lipinski definition) is 1. The topological polar surface area (TPSA) is 88.6 Å². The van der Waals surface area contributed by atoms with Gasteiger partial charge in [0.1, 0.15) is 0 Å². The zero-order valence-corrected chi connectivity index (χ0v) is 21.6. The molecule has 30 heavy (non-hydrogen) atoms. The molecule has 1 unspecified atom stereocenters. The van der Waals surface area contributed by atoms with Crippen LogP contribution in [-0.2, 0) is 14.8 Å². The number of carbonyl (C=O) groups excluding carboxylic acids is 1. The Bertz CT molecular complexity index is 705. The second kappa shape index (κ2) is 11.3. The van der Waals surface area contributed by atoms with Crippen LogP contribution < -0.4 is 5.32 Å². The predicted octanol–water partition coefficient (Wildman–Crippen LogP) is 0.232. The maximum absolute atomic E-state index is 12.7. The Morgan fingerprint density at radius 3 is 2.23 bits per heavy atom. The fraction of sp³-hybridized carbons (Fsp3) is 0.895. The third-order valence-electron chi connectivity index (χ3n) is 6.39. The van der Waals surface area contributed by atoms with Gasteiger partial charge in [-0.05, 0) is 32.6 Å². The molecule has 3 fully saturated rings. The highest BCUT2D eigenvalue weighted by Gasteiger charge is 2.33. The molecule has 0 aromatic heterocycles. The number of hydrogen-bond acceptors (Lipinski definition) is 5. The number of piperazine rings is 1. The summed E-state index contributed by atoms with van der Waals surface area (Å²) in [5.74, 6) is 1.06. The van der Waals surface area contributed by atoms with Gasteiger partial charge >= 0.3 is 0 Å². The van der Waals surface area contributed by atoms with E-state index in [0.29, 0.717) is 13.1 Å². The van der Waals surface area contributed by atoms with Crippen molar-refractivity contribution in [3.63, 3.8) is 0 Å². The summed E-state index contributed by atoms with van der Waals surface area (Å²) in [6.45, 7) is 8.23. The third kappa shape index (κ3) is 6.19. The van der Waals surface area contributed by atoms with Crippen molar-refractivity contribution in [3.8, 4) is 0 Å². The first-order chi connectivity index (χ1) is 13.8. The lowest BCUT2D eigenvalue weighted by Crippen LogP contribution is -2.57. The van der Waals surface area contributed by atoms with E-state index in [1.165, 1.54) is 6.26 Å². The number of nitrogens with one attached hydrogen (secondary N) is 1. The van der Waals surface area contributed by atoms with Gasteiger partial charge in [-0.2, -0.15) is 4.31 Å². The average Bonchev–Trinajstić information content (AvgIpc) is 3.39. The van der Waals surface area contributed by atoms with E-state index in [9.17, 15) is 13.2 Å². The van der Waals surface area contributed by atoms with E-state index >= 15 is 0 Å². The van der Waals surface area contributed by atoms with Crippen LogP contribution in [0.5, 0.6) is 0 Å². The van der Waals surface area contributed by atoms with Crippen LogP contribution in [0.25, 0.3) is 0 Å². The molecular weight excluding hydrogens is 519 g/mol. The Morgan fingerprint density at radius 2 is 1.67 bits per heavy atom. The van der Waals surface area contributed by atoms with Crippen LogP contribution in [0.4, 0.5) is 0 Å². The summed E-state index contributed by atoms with van der Waals surface area (Å²) in [6.07, 6.45) is 5.29. The number of nitrogens with zero attached hydrogens (tertiary/aromatic N) is 5. The van der Waals surface area contributed by atoms with Crippen molar-refractivity contribution < 1.29 is 13.2 Å². The molecule has 3 rings (SSSR count). The molecule has 0 aliphatic carbocycles. The zero-order valence-electron chi connectivity index (χ0n) is 18.4. The second-order valence-corrected chi connectivity index (χ2v) is 10.3. The largest absolute Gasteiger partial charge is 0.355 e. The molecule has 0 saturated carbocycles. The van der Waals surface area contributed by atoms with E-state index in [2.05, 4.69) is 20.1 Å². The van der Waals surface area contributed by atoms with Gasteiger partial charge in [-0.3, -0.25) is 14.7 Å². The predicted molar refractivity (Wildman–Crippen MR) is 130 cm³/mol. The monoisotopic (exact) mass is 556 g/mol. The minimum atomic E-state index is -3.17. The number of aliphatic imine (C=N–C) groups is 1. The van der Waals surface area contributed by atoms with Crippen LogP contribution in [0.15, 0.2) is 4.99 Å². The first-order valence-corrected chi connectivity index (χ1v) is 12.6. The molecule has 0 aromatic rings. The fourth-order valence-corrected chi connectivity index (χ4v) is 5.85. The molecule has 1 N–H and O–H groups in total. The standard InChI is InChI=1S/C19H36N6O3S.HI/c1-16(18(26)23-8-4-5-9-23)22-11-13-24(14-12-22)19(20-2)21-15-17-7-6-10-25(17)29(3,27)28;/h16-17H,4-15H2,1-3H3,(H,20,21);1H/t16?,17-;/m1./s1. The van der Waals surface area contributed by atoms with Gasteiger partial charge in [0, 0.05) is 65.4 Å². The van der Waals surface area contributed by atoms with Crippen LogP contribution in [0.3, 0.4) is 0 Å². The Balaban J connectivity index is 0.00000320. The number of amides is 1. The van der Waals surface area contributed by atoms with Crippen LogP contribution in [-0.4, -0.2) is 117 Å². The fourth-order valence-electron chi connectivity index (χ4n) is 4.67. The molecule has 3 aliphatic rings. The number of guanidine groups is 1. The molecule has 0 radical (unpaired) electrons. The molecule has 9 nitrogen and oxygen atoms in total. The normalized spacial score (nSPS) is 25.3. The summed E-state index contributed by atoms with van der Waals surface area (Å²) < 4.78 is 25.5. The van der Waals surface area contributed by atoms with Crippen molar-refractivity contribution in [1.29, 1.82) is 0 Å². The molecule has 11 heteroatoms. The number of carbonyl (C=O) groups is 1. The molecule has 3 aliphatic heterocycles. The maximum Gasteiger partial charge on any atom is 0.239 e. The van der Waals surface area contributed by atoms with Gasteiger partial charge in [0.05, 0.1) is 12.3 Å². The molecule has 2 atom stereocenters. The van der Waals surface area contributed by atoms with Crippen molar-refractivity contribution >= 4 is 45.9 Å². The Labute approximate surface area is 198 Å². The molecule has 1 amide bonds. The SMILES string of the molecule is CN=C(NC[C@H]1CCCN1S(C)(=O)=O)N1CCN(C(C)C(=O)N2CCCC2)CC1.I. The molecule has 174 valence electrons. The van der Waals surface area contributed by atoms with Crippen LogP contribution in [0.1, 0.15) is 32.6 Å². The smallest absolute Gasteiger partial charge is 0.239 e. The van der Waals surface area contributed by atoms with Crippen molar-refractivity contribution in [2.24, 2.45) is 4.99 Å². The van der Waals surface area contributed by atoms with Gasteiger partial charge in [0.2, 0.25) is 15.9 Å². The summed E-state index contributed by atoms with van der Waals surface area (Å²) in [6, 6.07) is -0.0897. The Kier molecular flexibility index (Phi) is 9.62. The number of rotatable bonds is 5. The van der Waals surface area contributed by atoms with Gasteiger partial charge in [0.25, 0.3) is 0 Å². The Hall–Kier alpha value is -0.660. The summed E-state index contributed by atoms with van der Waals surface area (Å²) in [7, 11) is -1.40. The maximum atomic E-state index is 12.7. The van der Waals surface area contributed by atoms with Crippen LogP contribution in [0, 0.1) is 0 Å². The van der Waals surface area contributed by atoms with Gasteiger partial charge in [0.15, 0.2) is 5.96 Å². The third-order valence-corrected chi connectivity index (χ3v) is 7.73. The number of halogens is 1. The average molecular weight is 557 g/mol. The highest BCUT2D eigenvalue weighted by Crippen LogP contribution is 2.20. The van der Waals surface area contributed by atoms with Gasteiger partial charge in [-0.15, -0.1) is 24.0 Å². The first kappa shape index (κ1) is 25.6. The van der Waals surface area contributed by atoms with Crippen LogP contribution >= 0.6 is 24.0 Å². The van der Waals surface area contributed by atoms with E-state index in [-0.39, 0.29) is 42.0 Å². The summed E-state index contributed by atoms with van der Waals surface area (Å²) in [5.41, 5.74) is 0. The van der Waals surface area contributed by atoms with Gasteiger partial charge in [-0.25, -0.2) is 8.42 Å². The number of likely N-dealkylation sites (tertiary alicyclic amines) is 1. The van der Waals surface area contributed by atoms with Gasteiger partial charge in [-0.1, -0.05) is 0 Å². The van der Waals surface area contributed by atoms with Gasteiger partial charge < -0.3 is 15.1 Å².